The molecule has 1 aromatic heterocycles. The number of rotatable bonds is 13. The number of carbonyl (C=O) groups excluding carboxylic acids is 3. The Kier molecular flexibility index (Phi) is 11.7. The predicted molar refractivity (Wildman–Crippen MR) is 204 cm³/mol. The molecule has 1 aliphatic rings. The molecule has 2 unspecified atom stereocenters. The number of nitrogens with zero attached hydrogens (tertiary/aromatic N) is 3. The molecule has 0 saturated heterocycles. The van der Waals surface area contributed by atoms with Gasteiger partial charge in [0.15, 0.2) is 5.69 Å². The molecule has 2 atom stereocenters. The smallest absolute Gasteiger partial charge is 0.407 e. The number of carbonyl (C=O) groups is 3. The molecule has 12 nitrogen and oxygen atoms in total. The summed E-state index contributed by atoms with van der Waals surface area (Å²) in [4.78, 5) is 38.5. The molecule has 1 heterocycles. The van der Waals surface area contributed by atoms with Crippen molar-refractivity contribution in [3.63, 3.8) is 0 Å². The van der Waals surface area contributed by atoms with Crippen LogP contribution in [-0.4, -0.2) is 42.2 Å². The zero-order valence-corrected chi connectivity index (χ0v) is 32.1. The molecule has 5 rings (SSSR count). The number of benzene rings is 3. The zero-order chi connectivity index (χ0) is 39.4. The highest BCUT2D eigenvalue weighted by Gasteiger charge is 2.40. The van der Waals surface area contributed by atoms with E-state index in [1.54, 1.807) is 75.4 Å². The van der Waals surface area contributed by atoms with Gasteiger partial charge in [-0.3, -0.25) is 9.59 Å². The lowest BCUT2D eigenvalue weighted by Gasteiger charge is -2.38. The second-order valence-electron chi connectivity index (χ2n) is 15.4. The van der Waals surface area contributed by atoms with Crippen molar-refractivity contribution in [3.05, 3.63) is 112 Å². The van der Waals surface area contributed by atoms with Crippen molar-refractivity contribution in [2.45, 2.75) is 89.7 Å². The number of ether oxygens (including phenoxy) is 1. The summed E-state index contributed by atoms with van der Waals surface area (Å²) in [5, 5.41) is 19.1. The third-order valence-corrected chi connectivity index (χ3v) is 10.5. The SMILES string of the molecule is CC(C)(C)OC(=O)NCc1cccc(-n2nc(C(N)=O)cc2C(=O)Nc2cc(C(CCC3CC3)(NS(=O)C(C)(C)C)c3ccc(C#N)cc3)ccc2F)c1. The van der Waals surface area contributed by atoms with E-state index in [0.29, 0.717) is 34.7 Å². The lowest BCUT2D eigenvalue weighted by atomic mass is 9.79. The number of nitrogens with two attached hydrogens (primary N) is 1. The van der Waals surface area contributed by atoms with Crippen molar-refractivity contribution in [1.29, 1.82) is 5.26 Å². The van der Waals surface area contributed by atoms with Crippen LogP contribution in [0.15, 0.2) is 72.8 Å². The minimum atomic E-state index is -1.58. The van der Waals surface area contributed by atoms with Crippen LogP contribution >= 0.6 is 0 Å². The molecule has 5 N–H and O–H groups in total. The first-order chi connectivity index (χ1) is 25.4. The Morgan fingerprint density at radius 1 is 1.00 bits per heavy atom. The van der Waals surface area contributed by atoms with Gasteiger partial charge < -0.3 is 21.1 Å². The molecule has 1 saturated carbocycles. The first-order valence-corrected chi connectivity index (χ1v) is 18.8. The number of hydrogen-bond donors (Lipinski definition) is 4. The summed E-state index contributed by atoms with van der Waals surface area (Å²) in [5.41, 5.74) is 6.09. The Hall–Kier alpha value is -5.39. The Morgan fingerprint density at radius 2 is 1.69 bits per heavy atom. The van der Waals surface area contributed by atoms with E-state index in [9.17, 15) is 23.9 Å². The Morgan fingerprint density at radius 3 is 2.30 bits per heavy atom. The van der Waals surface area contributed by atoms with E-state index >= 15 is 4.39 Å². The topological polar surface area (TPSA) is 181 Å². The van der Waals surface area contributed by atoms with Crippen LogP contribution in [0.2, 0.25) is 0 Å². The number of amides is 3. The zero-order valence-electron chi connectivity index (χ0n) is 31.3. The molecule has 0 aliphatic heterocycles. The van der Waals surface area contributed by atoms with Gasteiger partial charge >= 0.3 is 6.09 Å². The normalized spacial score (nSPS) is 14.7. The molecule has 0 spiro atoms. The minimum Gasteiger partial charge on any atom is -0.444 e. The molecule has 14 heteroatoms. The number of alkyl carbamates (subject to hydrolysis) is 1. The lowest BCUT2D eigenvalue weighted by Crippen LogP contribution is -2.49. The highest BCUT2D eigenvalue weighted by Crippen LogP contribution is 2.43. The maximum absolute atomic E-state index is 15.7. The molecule has 1 fully saturated rings. The van der Waals surface area contributed by atoms with Crippen molar-refractivity contribution in [2.24, 2.45) is 11.7 Å². The molecule has 0 radical (unpaired) electrons. The Bertz CT molecular complexity index is 2110. The Balaban J connectivity index is 1.52. The molecule has 3 amide bonds. The summed E-state index contributed by atoms with van der Waals surface area (Å²) in [5.74, 6) is -1.88. The lowest BCUT2D eigenvalue weighted by molar-refractivity contribution is 0.0523. The largest absolute Gasteiger partial charge is 0.444 e. The van der Waals surface area contributed by atoms with Gasteiger partial charge in [0.05, 0.1) is 44.3 Å². The van der Waals surface area contributed by atoms with Gasteiger partial charge in [0, 0.05) is 12.6 Å². The summed E-state index contributed by atoms with van der Waals surface area (Å²) < 4.78 is 38.8. The fraction of sp³-hybridized carbons (Fsp3) is 0.375. The molecule has 3 aromatic carbocycles. The van der Waals surface area contributed by atoms with E-state index in [0.717, 1.165) is 24.8 Å². The average Bonchev–Trinajstić information content (AvgIpc) is 3.83. The fourth-order valence-corrected chi connectivity index (χ4v) is 6.77. The van der Waals surface area contributed by atoms with Crippen LogP contribution in [0.25, 0.3) is 5.69 Å². The summed E-state index contributed by atoms with van der Waals surface area (Å²) in [6.45, 7) is 10.9. The van der Waals surface area contributed by atoms with Gasteiger partial charge in [-0.1, -0.05) is 43.2 Å². The third-order valence-electron chi connectivity index (χ3n) is 8.85. The molecular formula is C40H46FN7O5S. The van der Waals surface area contributed by atoms with Crippen molar-refractivity contribution >= 4 is 34.6 Å². The molecule has 284 valence electrons. The second kappa shape index (κ2) is 15.9. The molecule has 0 bridgehead atoms. The maximum Gasteiger partial charge on any atom is 0.407 e. The summed E-state index contributed by atoms with van der Waals surface area (Å²) >= 11 is 0. The quantitative estimate of drug-likeness (QED) is 0.117. The van der Waals surface area contributed by atoms with Crippen LogP contribution in [0.3, 0.4) is 0 Å². The van der Waals surface area contributed by atoms with Gasteiger partial charge in [-0.05, 0) is 113 Å². The monoisotopic (exact) mass is 755 g/mol. The number of nitrogens with one attached hydrogen (secondary N) is 3. The number of anilines is 1. The predicted octanol–water partition coefficient (Wildman–Crippen LogP) is 6.74. The van der Waals surface area contributed by atoms with Gasteiger partial charge in [-0.15, -0.1) is 0 Å². The molecule has 4 aromatic rings. The molecule has 1 aliphatic carbocycles. The van der Waals surface area contributed by atoms with Crippen LogP contribution in [0, 0.1) is 23.1 Å². The van der Waals surface area contributed by atoms with Crippen molar-refractivity contribution in [2.75, 3.05) is 5.32 Å². The van der Waals surface area contributed by atoms with Crippen molar-refractivity contribution < 1.29 is 27.7 Å². The van der Waals surface area contributed by atoms with Gasteiger partial charge in [-0.2, -0.15) is 10.4 Å². The average molecular weight is 756 g/mol. The van der Waals surface area contributed by atoms with Crippen molar-refractivity contribution in [3.8, 4) is 11.8 Å². The first-order valence-electron chi connectivity index (χ1n) is 17.7. The summed E-state index contributed by atoms with van der Waals surface area (Å²) in [7, 11) is -1.58. The highest BCUT2D eigenvalue weighted by atomic mass is 32.2. The number of hydrogen-bond acceptors (Lipinski definition) is 7. The number of nitriles is 1. The Labute approximate surface area is 317 Å². The second-order valence-corrected chi connectivity index (χ2v) is 17.4. The van der Waals surface area contributed by atoms with E-state index in [1.165, 1.54) is 22.9 Å². The summed E-state index contributed by atoms with van der Waals surface area (Å²) in [6, 6.07) is 21.5. The number of primary amides is 1. The molecule has 54 heavy (non-hydrogen) atoms. The van der Waals surface area contributed by atoms with Gasteiger partial charge in [0.2, 0.25) is 0 Å². The number of aromatic nitrogens is 2. The van der Waals surface area contributed by atoms with Crippen LogP contribution in [-0.2, 0) is 27.8 Å². The van der Waals surface area contributed by atoms with Crippen LogP contribution in [0.4, 0.5) is 14.9 Å². The van der Waals surface area contributed by atoms with Crippen LogP contribution in [0.1, 0.15) is 110 Å². The maximum atomic E-state index is 15.7. The minimum absolute atomic E-state index is 0.0992. The van der Waals surface area contributed by atoms with Crippen LogP contribution in [0.5, 0.6) is 0 Å². The molecular weight excluding hydrogens is 710 g/mol. The van der Waals surface area contributed by atoms with E-state index in [4.69, 9.17) is 10.5 Å². The van der Waals surface area contributed by atoms with E-state index < -0.39 is 50.6 Å². The van der Waals surface area contributed by atoms with Crippen molar-refractivity contribution in [1.82, 2.24) is 19.8 Å². The summed E-state index contributed by atoms with van der Waals surface area (Å²) in [6.07, 6.45) is 2.87. The highest BCUT2D eigenvalue weighted by molar-refractivity contribution is 7.84. The van der Waals surface area contributed by atoms with E-state index in [2.05, 4.69) is 26.5 Å². The van der Waals surface area contributed by atoms with E-state index in [-0.39, 0.29) is 23.6 Å². The third kappa shape index (κ3) is 9.77. The van der Waals surface area contributed by atoms with Gasteiger partial charge in [0.25, 0.3) is 11.8 Å². The van der Waals surface area contributed by atoms with Gasteiger partial charge in [0.1, 0.15) is 17.1 Å². The fourth-order valence-electron chi connectivity index (χ4n) is 5.81. The van der Waals surface area contributed by atoms with Gasteiger partial charge in [-0.25, -0.2) is 22.8 Å². The first kappa shape index (κ1) is 39.8. The van der Waals surface area contributed by atoms with Crippen LogP contribution < -0.4 is 21.1 Å². The van der Waals surface area contributed by atoms with E-state index in [1.807, 2.05) is 20.8 Å². The standard InChI is InChI=1S/C40H46FN7O5S/c1-38(2,3)53-37(51)44-24-27-8-7-9-30(20-27)48-34(22-33(46-48)35(43)49)36(50)45-32-21-29(16-17-31(32)41)40(19-18-25-10-11-25,47-54(52)39(4,5)6)28-14-12-26(23-42)13-15-28/h7-9,12-17,20-22,25,47H,10-11,18-19,24H2,1-6H3,(H2,43,49)(H,44,51)(H,45,50). The number of halogens is 1.